The summed E-state index contributed by atoms with van der Waals surface area (Å²) in [6.07, 6.45) is 6.89. The fourth-order valence-electron chi connectivity index (χ4n) is 7.30. The molecule has 1 aliphatic heterocycles. The Bertz CT molecular complexity index is 2050. The molecule has 3 aromatic rings. The van der Waals surface area contributed by atoms with Gasteiger partial charge in [0.25, 0.3) is 5.91 Å². The Hall–Kier alpha value is -6.02. The lowest BCUT2D eigenvalue weighted by molar-refractivity contribution is -0.134. The van der Waals surface area contributed by atoms with E-state index in [0.717, 1.165) is 30.4 Å². The van der Waals surface area contributed by atoms with Crippen LogP contribution in [0.3, 0.4) is 0 Å². The van der Waals surface area contributed by atoms with E-state index in [1.165, 1.54) is 19.3 Å². The Morgan fingerprint density at radius 2 is 1.55 bits per heavy atom. The van der Waals surface area contributed by atoms with Gasteiger partial charge in [-0.2, -0.15) is 5.26 Å². The predicted octanol–water partition coefficient (Wildman–Crippen LogP) is 2.73. The molecule has 16 heteroatoms. The van der Waals surface area contributed by atoms with Crippen LogP contribution in [0.4, 0.5) is 0 Å². The van der Waals surface area contributed by atoms with Crippen molar-refractivity contribution in [1.29, 1.82) is 5.26 Å². The van der Waals surface area contributed by atoms with Gasteiger partial charge in [-0.25, -0.2) is 0 Å². The number of carbonyl (C=O) groups is 5. The quantitative estimate of drug-likeness (QED) is 0.0571. The molecule has 16 nitrogen and oxygen atoms in total. The molecule has 62 heavy (non-hydrogen) atoms. The number of carbonyl (C=O) groups excluding carboxylic acids is 5. The van der Waals surface area contributed by atoms with Gasteiger partial charge in [0, 0.05) is 36.2 Å². The fraction of sp³-hybridized carbons (Fsp3) is 0.478. The zero-order chi connectivity index (χ0) is 45.0. The molecule has 0 aliphatic carbocycles. The third kappa shape index (κ3) is 13.7. The second-order valence-corrected chi connectivity index (χ2v) is 15.3. The zero-order valence-corrected chi connectivity index (χ0v) is 36.1. The van der Waals surface area contributed by atoms with Crippen LogP contribution in [0.1, 0.15) is 97.4 Å². The van der Waals surface area contributed by atoms with Crippen molar-refractivity contribution in [3.05, 3.63) is 82.4 Å². The summed E-state index contributed by atoms with van der Waals surface area (Å²) in [5, 5.41) is 22.8. The Balaban J connectivity index is 1.77. The van der Waals surface area contributed by atoms with Gasteiger partial charge in [-0.1, -0.05) is 63.8 Å². The minimum absolute atomic E-state index is 0.0198. The number of hydrogen-bond acceptors (Lipinski definition) is 11. The minimum Gasteiger partial charge on any atom is -0.492 e. The highest BCUT2D eigenvalue weighted by atomic mass is 16.5. The number of amides is 5. The predicted molar refractivity (Wildman–Crippen MR) is 237 cm³/mol. The smallest absolute Gasteiger partial charge is 0.252 e. The van der Waals surface area contributed by atoms with Gasteiger partial charge < -0.3 is 53.3 Å². The van der Waals surface area contributed by atoms with Crippen LogP contribution >= 0.6 is 0 Å². The van der Waals surface area contributed by atoms with E-state index in [1.54, 1.807) is 49.4 Å². The van der Waals surface area contributed by atoms with Crippen LogP contribution in [0.2, 0.25) is 0 Å². The molecule has 5 amide bonds. The van der Waals surface area contributed by atoms with Crippen LogP contribution in [0.25, 0.3) is 11.1 Å². The monoisotopic (exact) mass is 853 g/mol. The van der Waals surface area contributed by atoms with Crippen molar-refractivity contribution in [2.45, 2.75) is 103 Å². The van der Waals surface area contributed by atoms with Crippen LogP contribution < -0.4 is 53.3 Å². The third-order valence-corrected chi connectivity index (χ3v) is 10.6. The van der Waals surface area contributed by atoms with E-state index in [4.69, 9.17) is 31.9 Å². The van der Waals surface area contributed by atoms with Crippen molar-refractivity contribution < 1.29 is 33.4 Å². The fourth-order valence-corrected chi connectivity index (χ4v) is 7.30. The summed E-state index contributed by atoms with van der Waals surface area (Å²) >= 11 is 0. The topological polar surface area (TPSA) is 266 Å². The maximum atomic E-state index is 14.4. The standard InChI is InChI=1S/C46H63N9O7/c1-4-6-7-8-9-10-30-11-14-33(29(3)25-30)42(56)53-37(17-18-47)45(59)55-41-32-13-16-40(62-24-21-50)35(28-32)34-26-31(12-15-39(34)61-23-20-49)27-38(43(57)51-22-19-48)54-44(58)36(5-2)52-46(41)60/h11-16,25-26,28,36-38,41H,4-10,17-18,20-24,27,47,49-50H2,1-3H3,(H,51,57)(H,52,60)(H,53,56)(H,54,58)(H,55,59)/t36-,37?,38-,41-/m0/s1. The summed E-state index contributed by atoms with van der Waals surface area (Å²) in [6, 6.07) is 12.9. The number of nitrogens with one attached hydrogen (secondary N) is 5. The number of nitrogens with zero attached hydrogens (tertiary/aromatic N) is 1. The summed E-state index contributed by atoms with van der Waals surface area (Å²) in [6.45, 7) is 6.21. The summed E-state index contributed by atoms with van der Waals surface area (Å²) in [7, 11) is 0. The first kappa shape index (κ1) is 48.6. The molecule has 4 bridgehead atoms. The first-order chi connectivity index (χ1) is 30.0. The van der Waals surface area contributed by atoms with Crippen LogP contribution in [-0.2, 0) is 32.0 Å². The molecule has 0 saturated heterocycles. The Morgan fingerprint density at radius 3 is 2.19 bits per heavy atom. The maximum Gasteiger partial charge on any atom is 0.252 e. The first-order valence-electron chi connectivity index (χ1n) is 21.6. The Morgan fingerprint density at radius 1 is 0.855 bits per heavy atom. The molecule has 3 aromatic carbocycles. The van der Waals surface area contributed by atoms with E-state index in [2.05, 4.69) is 33.5 Å². The van der Waals surface area contributed by atoms with E-state index >= 15 is 0 Å². The summed E-state index contributed by atoms with van der Waals surface area (Å²) in [5.41, 5.74) is 21.8. The molecule has 0 spiro atoms. The SMILES string of the molecule is CCCCCCCc1ccc(C(=O)NC(CCN)C(=O)N[C@@H]2C(=O)N[C@@H](CC)C(=O)N[C@H](C(=O)NCC#N)Cc3ccc(OCCN)c(c3)-c3cc2ccc3OCCN)c(C)c1. The van der Waals surface area contributed by atoms with E-state index < -0.39 is 53.7 Å². The molecule has 0 aromatic heterocycles. The van der Waals surface area contributed by atoms with Crippen molar-refractivity contribution in [3.8, 4) is 28.7 Å². The summed E-state index contributed by atoms with van der Waals surface area (Å²) < 4.78 is 12.1. The molecular weight excluding hydrogens is 791 g/mol. The number of benzene rings is 3. The van der Waals surface area contributed by atoms with Gasteiger partial charge in [-0.3, -0.25) is 24.0 Å². The van der Waals surface area contributed by atoms with Gasteiger partial charge in [0.2, 0.25) is 23.6 Å². The maximum absolute atomic E-state index is 14.4. The average molecular weight is 854 g/mol. The molecule has 4 atom stereocenters. The lowest BCUT2D eigenvalue weighted by Crippen LogP contribution is -2.56. The number of unbranched alkanes of at least 4 members (excludes halogenated alkanes) is 4. The van der Waals surface area contributed by atoms with Gasteiger partial charge in [0.05, 0.1) is 6.07 Å². The van der Waals surface area contributed by atoms with E-state index in [-0.39, 0.29) is 58.7 Å². The zero-order valence-electron chi connectivity index (χ0n) is 36.1. The summed E-state index contributed by atoms with van der Waals surface area (Å²) in [4.78, 5) is 69.6. The van der Waals surface area contributed by atoms with E-state index in [1.807, 2.05) is 25.1 Å². The van der Waals surface area contributed by atoms with E-state index in [9.17, 15) is 24.0 Å². The van der Waals surface area contributed by atoms with Gasteiger partial charge in [0.1, 0.15) is 55.4 Å². The van der Waals surface area contributed by atoms with E-state index in [0.29, 0.717) is 39.3 Å². The molecule has 0 radical (unpaired) electrons. The molecule has 4 rings (SSSR count). The lowest BCUT2D eigenvalue weighted by Gasteiger charge is -2.27. The largest absolute Gasteiger partial charge is 0.492 e. The van der Waals surface area contributed by atoms with Crippen LogP contribution in [0, 0.1) is 18.3 Å². The van der Waals surface area contributed by atoms with Crippen LogP contribution in [0.5, 0.6) is 11.5 Å². The Kier molecular flexibility index (Phi) is 19.6. The molecule has 1 heterocycles. The Labute approximate surface area is 364 Å². The molecule has 334 valence electrons. The minimum atomic E-state index is -1.41. The van der Waals surface area contributed by atoms with Crippen molar-refractivity contribution in [1.82, 2.24) is 26.6 Å². The number of aryl methyl sites for hydroxylation is 2. The highest BCUT2D eigenvalue weighted by molar-refractivity contribution is 6.00. The van der Waals surface area contributed by atoms with Crippen LogP contribution in [0.15, 0.2) is 54.6 Å². The third-order valence-electron chi connectivity index (χ3n) is 10.6. The van der Waals surface area contributed by atoms with Gasteiger partial charge >= 0.3 is 0 Å². The first-order valence-corrected chi connectivity index (χ1v) is 21.6. The van der Waals surface area contributed by atoms with Crippen molar-refractivity contribution >= 4 is 29.5 Å². The number of rotatable bonds is 21. The number of ether oxygens (including phenoxy) is 2. The number of hydrogen-bond donors (Lipinski definition) is 8. The number of nitrogens with two attached hydrogens (primary N) is 3. The van der Waals surface area contributed by atoms with Crippen molar-refractivity contribution in [2.75, 3.05) is 39.4 Å². The van der Waals surface area contributed by atoms with Crippen LogP contribution in [-0.4, -0.2) is 87.1 Å². The molecule has 1 unspecified atom stereocenters. The molecule has 11 N–H and O–H groups in total. The molecular formula is C46H63N9O7. The normalized spacial score (nSPS) is 16.7. The summed E-state index contributed by atoms with van der Waals surface area (Å²) in [5.74, 6) is -2.34. The lowest BCUT2D eigenvalue weighted by atomic mass is 9.93. The molecule has 1 aliphatic rings. The van der Waals surface area contributed by atoms with Gasteiger partial charge in [-0.15, -0.1) is 0 Å². The second kappa shape index (κ2) is 25.0. The highest BCUT2D eigenvalue weighted by Crippen LogP contribution is 2.39. The van der Waals surface area contributed by atoms with Crippen molar-refractivity contribution in [3.63, 3.8) is 0 Å². The number of fused-ring (bicyclic) bond motifs is 5. The number of nitriles is 1. The average Bonchev–Trinajstić information content (AvgIpc) is 3.26. The van der Waals surface area contributed by atoms with Crippen molar-refractivity contribution in [2.24, 2.45) is 17.2 Å². The molecule has 0 saturated carbocycles. The second-order valence-electron chi connectivity index (χ2n) is 15.3. The van der Waals surface area contributed by atoms with Gasteiger partial charge in [0.15, 0.2) is 0 Å². The highest BCUT2D eigenvalue weighted by Gasteiger charge is 2.33. The molecule has 0 fully saturated rings. The van der Waals surface area contributed by atoms with Gasteiger partial charge in [-0.05, 0) is 91.7 Å².